The first-order valence-corrected chi connectivity index (χ1v) is 4.81. The molecule has 1 aromatic rings. The van der Waals surface area contributed by atoms with E-state index in [1.807, 2.05) is 6.92 Å². The smallest absolute Gasteiger partial charge is 0.191 e. The van der Waals surface area contributed by atoms with Crippen LogP contribution in [0.15, 0.2) is 0 Å². The molecule has 1 aromatic heterocycles. The minimum atomic E-state index is 0.150. The van der Waals surface area contributed by atoms with Gasteiger partial charge in [0.2, 0.25) is 0 Å². The summed E-state index contributed by atoms with van der Waals surface area (Å²) in [7, 11) is 1.75. The molecular formula is C8H15N5O. The monoisotopic (exact) mass is 197 g/mol. The summed E-state index contributed by atoms with van der Waals surface area (Å²) in [6, 6.07) is 0.671. The molecule has 78 valence electrons. The molecule has 1 saturated carbocycles. The number of hydrogen-bond donors (Lipinski definition) is 2. The van der Waals surface area contributed by atoms with E-state index >= 15 is 0 Å². The van der Waals surface area contributed by atoms with E-state index in [9.17, 15) is 0 Å². The molecule has 6 heteroatoms. The Bertz CT molecular complexity index is 269. The highest BCUT2D eigenvalue weighted by molar-refractivity contribution is 4.93. The third-order valence-corrected chi connectivity index (χ3v) is 2.66. The van der Waals surface area contributed by atoms with Crippen LogP contribution < -0.4 is 5.32 Å². The highest BCUT2D eigenvalue weighted by atomic mass is 16.5. The maximum atomic E-state index is 5.20. The number of tetrazole rings is 1. The lowest BCUT2D eigenvalue weighted by atomic mass is 9.89. The molecule has 1 heterocycles. The fraction of sp³-hybridized carbons (Fsp3) is 0.875. The Hall–Kier alpha value is -1.01. The van der Waals surface area contributed by atoms with Gasteiger partial charge in [0.1, 0.15) is 0 Å². The molecule has 0 amide bonds. The fourth-order valence-electron chi connectivity index (χ4n) is 1.68. The summed E-state index contributed by atoms with van der Waals surface area (Å²) in [5.41, 5.74) is 0. The number of H-pyrrole nitrogens is 1. The van der Waals surface area contributed by atoms with Crippen molar-refractivity contribution in [2.24, 2.45) is 0 Å². The van der Waals surface area contributed by atoms with Gasteiger partial charge < -0.3 is 10.1 Å². The zero-order chi connectivity index (χ0) is 9.97. The Morgan fingerprint density at radius 1 is 1.57 bits per heavy atom. The molecule has 0 radical (unpaired) electrons. The predicted octanol–water partition coefficient (Wildman–Crippen LogP) is 0.0277. The number of rotatable bonds is 4. The molecule has 2 rings (SSSR count). The quantitative estimate of drug-likeness (QED) is 0.712. The molecule has 2 N–H and O–H groups in total. The molecule has 1 fully saturated rings. The van der Waals surface area contributed by atoms with Crippen molar-refractivity contribution in [2.75, 3.05) is 7.11 Å². The van der Waals surface area contributed by atoms with Crippen LogP contribution in [0, 0.1) is 0 Å². The molecule has 1 aliphatic carbocycles. The van der Waals surface area contributed by atoms with Crippen molar-refractivity contribution in [1.29, 1.82) is 0 Å². The zero-order valence-electron chi connectivity index (χ0n) is 8.40. The van der Waals surface area contributed by atoms with Gasteiger partial charge in [-0.3, -0.25) is 0 Å². The van der Waals surface area contributed by atoms with E-state index in [2.05, 4.69) is 25.9 Å². The molecule has 0 saturated heterocycles. The lowest BCUT2D eigenvalue weighted by molar-refractivity contribution is 0.0144. The molecule has 0 spiro atoms. The largest absolute Gasteiger partial charge is 0.381 e. The highest BCUT2D eigenvalue weighted by Crippen LogP contribution is 2.24. The van der Waals surface area contributed by atoms with Gasteiger partial charge in [-0.2, -0.15) is 5.21 Å². The molecule has 0 aliphatic heterocycles. The summed E-state index contributed by atoms with van der Waals surface area (Å²) in [6.07, 6.45) is 2.56. The van der Waals surface area contributed by atoms with Crippen molar-refractivity contribution >= 4 is 0 Å². The average molecular weight is 197 g/mol. The molecule has 0 bridgehead atoms. The second-order valence-electron chi connectivity index (χ2n) is 3.68. The summed E-state index contributed by atoms with van der Waals surface area (Å²) < 4.78 is 5.20. The second kappa shape index (κ2) is 4.02. The molecule has 1 unspecified atom stereocenters. The van der Waals surface area contributed by atoms with Crippen LogP contribution in [-0.4, -0.2) is 39.9 Å². The summed E-state index contributed by atoms with van der Waals surface area (Å²) in [5.74, 6) is 0.714. The van der Waals surface area contributed by atoms with Crippen LogP contribution in [0.1, 0.15) is 31.6 Å². The van der Waals surface area contributed by atoms with Gasteiger partial charge in [-0.25, -0.2) is 0 Å². The summed E-state index contributed by atoms with van der Waals surface area (Å²) in [6.45, 7) is 2.03. The zero-order valence-corrected chi connectivity index (χ0v) is 8.40. The number of aromatic amines is 1. The Morgan fingerprint density at radius 2 is 2.36 bits per heavy atom. The average Bonchev–Trinajstić information content (AvgIpc) is 2.62. The third-order valence-electron chi connectivity index (χ3n) is 2.66. The Kier molecular flexibility index (Phi) is 2.74. The van der Waals surface area contributed by atoms with Crippen molar-refractivity contribution in [3.8, 4) is 0 Å². The highest BCUT2D eigenvalue weighted by Gasteiger charge is 2.30. The first-order valence-electron chi connectivity index (χ1n) is 4.81. The molecule has 1 aliphatic rings. The fourth-order valence-corrected chi connectivity index (χ4v) is 1.68. The van der Waals surface area contributed by atoms with Gasteiger partial charge in [-0.15, -0.1) is 10.2 Å². The van der Waals surface area contributed by atoms with Crippen molar-refractivity contribution in [1.82, 2.24) is 25.9 Å². The maximum Gasteiger partial charge on any atom is 0.191 e. The van der Waals surface area contributed by atoms with Crippen LogP contribution in [0.3, 0.4) is 0 Å². The number of aromatic nitrogens is 4. The van der Waals surface area contributed by atoms with E-state index < -0.39 is 0 Å². The first-order chi connectivity index (χ1) is 6.79. The number of methoxy groups -OCH3 is 1. The molecule has 1 atom stereocenters. The number of nitrogens with one attached hydrogen (secondary N) is 2. The van der Waals surface area contributed by atoms with Crippen LogP contribution >= 0.6 is 0 Å². The minimum Gasteiger partial charge on any atom is -0.381 e. The van der Waals surface area contributed by atoms with E-state index in [0.29, 0.717) is 18.0 Å². The van der Waals surface area contributed by atoms with Crippen LogP contribution in [-0.2, 0) is 4.74 Å². The molecule has 14 heavy (non-hydrogen) atoms. The number of hydrogen-bond acceptors (Lipinski definition) is 5. The Morgan fingerprint density at radius 3 is 2.93 bits per heavy atom. The number of nitrogens with zero attached hydrogens (tertiary/aromatic N) is 3. The Labute approximate surface area is 82.4 Å². The van der Waals surface area contributed by atoms with Gasteiger partial charge in [0, 0.05) is 13.2 Å². The first kappa shape index (κ1) is 9.54. The SMILES string of the molecule is COC1CC(NC(C)c2nn[nH]n2)C1. The van der Waals surface area contributed by atoms with Crippen LogP contribution in [0.4, 0.5) is 0 Å². The van der Waals surface area contributed by atoms with Gasteiger partial charge in [-0.05, 0) is 19.8 Å². The van der Waals surface area contributed by atoms with Gasteiger partial charge in [-0.1, -0.05) is 5.21 Å². The van der Waals surface area contributed by atoms with E-state index in [1.54, 1.807) is 7.11 Å². The van der Waals surface area contributed by atoms with Crippen molar-refractivity contribution < 1.29 is 4.74 Å². The van der Waals surface area contributed by atoms with E-state index in [0.717, 1.165) is 12.8 Å². The van der Waals surface area contributed by atoms with E-state index in [-0.39, 0.29) is 6.04 Å². The lowest BCUT2D eigenvalue weighted by Crippen LogP contribution is -2.46. The topological polar surface area (TPSA) is 75.7 Å². The van der Waals surface area contributed by atoms with E-state index in [4.69, 9.17) is 4.74 Å². The standard InChI is InChI=1S/C8H15N5O/c1-5(8-10-12-13-11-8)9-6-3-7(4-6)14-2/h5-7,9H,3-4H2,1-2H3,(H,10,11,12,13). The summed E-state index contributed by atoms with van der Waals surface area (Å²) in [5, 5.41) is 17.2. The number of ether oxygens (including phenoxy) is 1. The summed E-state index contributed by atoms with van der Waals surface area (Å²) in [4.78, 5) is 0. The van der Waals surface area contributed by atoms with Crippen LogP contribution in [0.5, 0.6) is 0 Å². The van der Waals surface area contributed by atoms with Gasteiger partial charge in [0.05, 0.1) is 12.1 Å². The maximum absolute atomic E-state index is 5.20. The molecule has 6 nitrogen and oxygen atoms in total. The van der Waals surface area contributed by atoms with Crippen molar-refractivity contribution in [2.45, 2.75) is 38.0 Å². The van der Waals surface area contributed by atoms with Crippen LogP contribution in [0.2, 0.25) is 0 Å². The predicted molar refractivity (Wildman–Crippen MR) is 49.5 cm³/mol. The van der Waals surface area contributed by atoms with Crippen molar-refractivity contribution in [3.63, 3.8) is 0 Å². The molecular weight excluding hydrogens is 182 g/mol. The van der Waals surface area contributed by atoms with E-state index in [1.165, 1.54) is 0 Å². The van der Waals surface area contributed by atoms with Crippen molar-refractivity contribution in [3.05, 3.63) is 5.82 Å². The normalized spacial score (nSPS) is 28.4. The van der Waals surface area contributed by atoms with Crippen LogP contribution in [0.25, 0.3) is 0 Å². The van der Waals surface area contributed by atoms with Gasteiger partial charge in [0.15, 0.2) is 5.82 Å². The Balaban J connectivity index is 1.77. The lowest BCUT2D eigenvalue weighted by Gasteiger charge is -2.36. The van der Waals surface area contributed by atoms with Gasteiger partial charge >= 0.3 is 0 Å². The minimum absolute atomic E-state index is 0.150. The molecule has 0 aromatic carbocycles. The second-order valence-corrected chi connectivity index (χ2v) is 3.68. The third kappa shape index (κ3) is 1.91. The van der Waals surface area contributed by atoms with Gasteiger partial charge in [0.25, 0.3) is 0 Å². The summed E-state index contributed by atoms with van der Waals surface area (Å²) >= 11 is 0.